The van der Waals surface area contributed by atoms with E-state index in [1.165, 1.54) is 0 Å². The highest BCUT2D eigenvalue weighted by atomic mass is 16.5. The van der Waals surface area contributed by atoms with Crippen LogP contribution in [0.15, 0.2) is 30.6 Å². The summed E-state index contributed by atoms with van der Waals surface area (Å²) in [6.07, 6.45) is 3.78. The molecule has 1 aliphatic heterocycles. The van der Waals surface area contributed by atoms with E-state index in [2.05, 4.69) is 19.7 Å². The summed E-state index contributed by atoms with van der Waals surface area (Å²) < 4.78 is 18.9. The van der Waals surface area contributed by atoms with E-state index in [-0.39, 0.29) is 12.1 Å². The normalized spacial score (nSPS) is 20.8. The van der Waals surface area contributed by atoms with Crippen molar-refractivity contribution >= 4 is 10.9 Å². The largest absolute Gasteiger partial charge is 0.497 e. The van der Waals surface area contributed by atoms with Crippen LogP contribution in [0.4, 0.5) is 0 Å². The van der Waals surface area contributed by atoms with Gasteiger partial charge in [0.2, 0.25) is 0 Å². The number of H-pyrrole nitrogens is 1. The SMILES string of the molecule is CCO[C@H]1COC[C@@H]1n1ccnc1-c1n[nH]c2ccc(OC)cc12. The average Bonchev–Trinajstić information content (AvgIpc) is 3.32. The van der Waals surface area contributed by atoms with E-state index in [9.17, 15) is 0 Å². The highest BCUT2D eigenvalue weighted by Gasteiger charge is 2.32. The topological polar surface area (TPSA) is 74.2 Å². The first-order chi connectivity index (χ1) is 11.8. The Morgan fingerprint density at radius 2 is 2.29 bits per heavy atom. The molecule has 2 atom stereocenters. The van der Waals surface area contributed by atoms with Crippen molar-refractivity contribution in [2.24, 2.45) is 0 Å². The second-order valence-electron chi connectivity index (χ2n) is 5.74. The van der Waals surface area contributed by atoms with Gasteiger partial charge in [0.15, 0.2) is 5.82 Å². The lowest BCUT2D eigenvalue weighted by Crippen LogP contribution is -2.25. The minimum atomic E-state index is 0.0303. The van der Waals surface area contributed by atoms with Gasteiger partial charge in [-0.05, 0) is 25.1 Å². The predicted molar refractivity (Wildman–Crippen MR) is 89.1 cm³/mol. The Morgan fingerprint density at radius 1 is 1.38 bits per heavy atom. The van der Waals surface area contributed by atoms with Crippen LogP contribution >= 0.6 is 0 Å². The molecule has 126 valence electrons. The van der Waals surface area contributed by atoms with Crippen LogP contribution in [0.25, 0.3) is 22.4 Å². The van der Waals surface area contributed by atoms with Crippen molar-refractivity contribution in [2.75, 3.05) is 26.9 Å². The lowest BCUT2D eigenvalue weighted by Gasteiger charge is -2.20. The first-order valence-corrected chi connectivity index (χ1v) is 8.06. The first kappa shape index (κ1) is 15.2. The van der Waals surface area contributed by atoms with Crippen LogP contribution in [0.5, 0.6) is 5.75 Å². The van der Waals surface area contributed by atoms with Crippen LogP contribution in [0.1, 0.15) is 13.0 Å². The molecular weight excluding hydrogens is 308 g/mol. The van der Waals surface area contributed by atoms with E-state index in [4.69, 9.17) is 14.2 Å². The summed E-state index contributed by atoms with van der Waals surface area (Å²) in [5, 5.41) is 8.51. The van der Waals surface area contributed by atoms with Crippen LogP contribution in [0, 0.1) is 0 Å². The van der Waals surface area contributed by atoms with Crippen LogP contribution in [-0.2, 0) is 9.47 Å². The highest BCUT2D eigenvalue weighted by Crippen LogP contribution is 2.32. The molecule has 0 amide bonds. The summed E-state index contributed by atoms with van der Waals surface area (Å²) in [4.78, 5) is 4.53. The van der Waals surface area contributed by atoms with E-state index in [1.807, 2.05) is 31.3 Å². The fourth-order valence-electron chi connectivity index (χ4n) is 3.21. The Hall–Kier alpha value is -2.38. The summed E-state index contributed by atoms with van der Waals surface area (Å²) in [6.45, 7) is 3.87. The monoisotopic (exact) mass is 328 g/mol. The standard InChI is InChI=1S/C17H20N4O3/c1-3-24-15-10-23-9-14(15)21-7-6-18-17(21)16-12-8-11(22-2)4-5-13(12)19-20-16/h4-8,14-15H,3,9-10H2,1-2H3,(H,19,20)/t14-,15-/m0/s1. The Bertz CT molecular complexity index is 841. The number of nitrogens with one attached hydrogen (secondary N) is 1. The van der Waals surface area contributed by atoms with E-state index in [1.54, 1.807) is 13.3 Å². The quantitative estimate of drug-likeness (QED) is 0.778. The second kappa shape index (κ2) is 6.26. The molecule has 0 spiro atoms. The fraction of sp³-hybridized carbons (Fsp3) is 0.412. The van der Waals surface area contributed by atoms with Crippen molar-refractivity contribution < 1.29 is 14.2 Å². The smallest absolute Gasteiger partial charge is 0.161 e. The predicted octanol–water partition coefficient (Wildman–Crippen LogP) is 2.41. The maximum Gasteiger partial charge on any atom is 0.161 e. The van der Waals surface area contributed by atoms with Crippen molar-refractivity contribution in [3.05, 3.63) is 30.6 Å². The Morgan fingerprint density at radius 3 is 3.12 bits per heavy atom. The molecule has 0 bridgehead atoms. The van der Waals surface area contributed by atoms with Gasteiger partial charge in [-0.3, -0.25) is 5.10 Å². The molecule has 4 rings (SSSR count). The van der Waals surface area contributed by atoms with E-state index in [0.29, 0.717) is 19.8 Å². The molecule has 1 fully saturated rings. The van der Waals surface area contributed by atoms with E-state index in [0.717, 1.165) is 28.2 Å². The molecule has 3 aromatic rings. The van der Waals surface area contributed by atoms with Crippen molar-refractivity contribution in [1.29, 1.82) is 0 Å². The zero-order valence-electron chi connectivity index (χ0n) is 13.7. The zero-order valence-corrected chi connectivity index (χ0v) is 13.7. The molecule has 1 aromatic carbocycles. The maximum absolute atomic E-state index is 5.81. The fourth-order valence-corrected chi connectivity index (χ4v) is 3.21. The van der Waals surface area contributed by atoms with Crippen LogP contribution in [-0.4, -0.2) is 52.8 Å². The van der Waals surface area contributed by atoms with Gasteiger partial charge in [0, 0.05) is 24.4 Å². The number of benzene rings is 1. The molecule has 1 N–H and O–H groups in total. The molecule has 3 heterocycles. The Labute approximate surface area is 139 Å². The third-order valence-electron chi connectivity index (χ3n) is 4.39. The minimum Gasteiger partial charge on any atom is -0.497 e. The molecule has 0 aliphatic carbocycles. The first-order valence-electron chi connectivity index (χ1n) is 8.06. The van der Waals surface area contributed by atoms with Crippen molar-refractivity contribution in [3.63, 3.8) is 0 Å². The highest BCUT2D eigenvalue weighted by molar-refractivity contribution is 5.92. The molecule has 1 aliphatic rings. The van der Waals surface area contributed by atoms with Crippen LogP contribution in [0.3, 0.4) is 0 Å². The third kappa shape index (κ3) is 2.46. The van der Waals surface area contributed by atoms with E-state index >= 15 is 0 Å². The van der Waals surface area contributed by atoms with Gasteiger partial charge >= 0.3 is 0 Å². The zero-order chi connectivity index (χ0) is 16.5. The lowest BCUT2D eigenvalue weighted by atomic mass is 10.1. The average molecular weight is 328 g/mol. The molecule has 0 saturated carbocycles. The summed E-state index contributed by atoms with van der Waals surface area (Å²) in [7, 11) is 1.66. The van der Waals surface area contributed by atoms with Crippen LogP contribution < -0.4 is 4.74 Å². The number of aromatic amines is 1. The maximum atomic E-state index is 5.81. The van der Waals surface area contributed by atoms with Gasteiger partial charge in [-0.1, -0.05) is 0 Å². The molecule has 7 nitrogen and oxygen atoms in total. The minimum absolute atomic E-state index is 0.0303. The van der Waals surface area contributed by atoms with Gasteiger partial charge in [0.25, 0.3) is 0 Å². The lowest BCUT2D eigenvalue weighted by molar-refractivity contribution is 0.0364. The van der Waals surface area contributed by atoms with Crippen LogP contribution in [0.2, 0.25) is 0 Å². The van der Waals surface area contributed by atoms with Crippen molar-refractivity contribution in [2.45, 2.75) is 19.1 Å². The summed E-state index contributed by atoms with van der Waals surface area (Å²) in [5.41, 5.74) is 1.75. The molecule has 0 unspecified atom stereocenters. The van der Waals surface area contributed by atoms with Gasteiger partial charge in [0.05, 0.1) is 31.9 Å². The Kier molecular flexibility index (Phi) is 3.95. The van der Waals surface area contributed by atoms with Crippen molar-refractivity contribution in [1.82, 2.24) is 19.7 Å². The number of aromatic nitrogens is 4. The van der Waals surface area contributed by atoms with Gasteiger partial charge in [-0.25, -0.2) is 4.98 Å². The number of fused-ring (bicyclic) bond motifs is 1. The number of nitrogens with zero attached hydrogens (tertiary/aromatic N) is 3. The van der Waals surface area contributed by atoms with Gasteiger partial charge in [-0.15, -0.1) is 0 Å². The second-order valence-corrected chi connectivity index (χ2v) is 5.74. The molecule has 24 heavy (non-hydrogen) atoms. The van der Waals surface area contributed by atoms with Gasteiger partial charge < -0.3 is 18.8 Å². The molecule has 2 aromatic heterocycles. The molecular formula is C17H20N4O3. The molecule has 7 heteroatoms. The number of ether oxygens (including phenoxy) is 3. The summed E-state index contributed by atoms with van der Waals surface area (Å²) >= 11 is 0. The van der Waals surface area contributed by atoms with E-state index < -0.39 is 0 Å². The number of hydrogen-bond acceptors (Lipinski definition) is 5. The number of hydrogen-bond donors (Lipinski definition) is 1. The van der Waals surface area contributed by atoms with Crippen molar-refractivity contribution in [3.8, 4) is 17.3 Å². The number of methoxy groups -OCH3 is 1. The van der Waals surface area contributed by atoms with Gasteiger partial charge in [-0.2, -0.15) is 5.10 Å². The molecule has 1 saturated heterocycles. The number of rotatable bonds is 5. The number of imidazole rings is 1. The van der Waals surface area contributed by atoms with Gasteiger partial charge in [0.1, 0.15) is 17.5 Å². The summed E-state index contributed by atoms with van der Waals surface area (Å²) in [6, 6.07) is 5.94. The molecule has 0 radical (unpaired) electrons. The third-order valence-corrected chi connectivity index (χ3v) is 4.39. The Balaban J connectivity index is 1.77. The summed E-state index contributed by atoms with van der Waals surface area (Å²) in [5.74, 6) is 1.59.